The molecule has 0 N–H and O–H groups in total. The van der Waals surface area contributed by atoms with E-state index in [1.54, 1.807) is 0 Å². The molecule has 0 spiro atoms. The van der Waals surface area contributed by atoms with E-state index in [2.05, 4.69) is 42.9 Å². The van der Waals surface area contributed by atoms with Crippen molar-refractivity contribution >= 4 is 11.8 Å². The topological polar surface area (TPSA) is 13.1 Å². The summed E-state index contributed by atoms with van der Waals surface area (Å²) in [6, 6.07) is 4.42. The molecule has 1 aliphatic rings. The van der Waals surface area contributed by atoms with Gasteiger partial charge in [0.2, 0.25) is 0 Å². The van der Waals surface area contributed by atoms with Crippen LogP contribution in [0.15, 0.2) is 24.5 Å². The molecule has 0 amide bonds. The molecule has 0 radical (unpaired) electrons. The Balaban J connectivity index is 0.00000338. The molecular weight excluding hydrogens is 406 g/mol. The molecule has 2 atom stereocenters. The molecular formula is C22H38BrNOS. The predicted octanol–water partition coefficient (Wildman–Crippen LogP) is 3.30. The van der Waals surface area contributed by atoms with Gasteiger partial charge in [-0.15, -0.1) is 11.8 Å². The van der Waals surface area contributed by atoms with Gasteiger partial charge >= 0.3 is 0 Å². The van der Waals surface area contributed by atoms with Crippen LogP contribution < -0.4 is 21.5 Å². The molecule has 26 heavy (non-hydrogen) atoms. The molecule has 2 rings (SSSR count). The van der Waals surface area contributed by atoms with Gasteiger partial charge in [0, 0.05) is 23.4 Å². The Kier molecular flexibility index (Phi) is 13.8. The van der Waals surface area contributed by atoms with Crippen molar-refractivity contribution in [2.75, 3.05) is 12.4 Å². The van der Waals surface area contributed by atoms with Crippen LogP contribution >= 0.6 is 11.8 Å². The highest BCUT2D eigenvalue weighted by Gasteiger charge is 2.23. The highest BCUT2D eigenvalue weighted by molar-refractivity contribution is 7.99. The van der Waals surface area contributed by atoms with Crippen LogP contribution in [-0.2, 0) is 11.3 Å². The molecule has 1 saturated heterocycles. The van der Waals surface area contributed by atoms with Gasteiger partial charge in [0.05, 0.1) is 6.61 Å². The van der Waals surface area contributed by atoms with E-state index < -0.39 is 0 Å². The van der Waals surface area contributed by atoms with Crippen LogP contribution in [0, 0.1) is 5.92 Å². The van der Waals surface area contributed by atoms with Gasteiger partial charge in [-0.05, 0) is 19.3 Å². The predicted molar refractivity (Wildman–Crippen MR) is 109 cm³/mol. The number of aromatic nitrogens is 1. The van der Waals surface area contributed by atoms with Crippen molar-refractivity contribution in [1.82, 2.24) is 0 Å². The average Bonchev–Trinajstić information content (AvgIpc) is 2.67. The molecule has 0 saturated carbocycles. The summed E-state index contributed by atoms with van der Waals surface area (Å²) >= 11 is 1.99. The second-order valence-electron chi connectivity index (χ2n) is 7.44. The maximum Gasteiger partial charge on any atom is 0.169 e. The molecule has 1 fully saturated rings. The smallest absolute Gasteiger partial charge is 0.169 e. The zero-order chi connectivity index (χ0) is 17.7. The summed E-state index contributed by atoms with van der Waals surface area (Å²) in [7, 11) is 0. The fraction of sp³-hybridized carbons (Fsp3) is 0.773. The van der Waals surface area contributed by atoms with E-state index in [0.29, 0.717) is 0 Å². The van der Waals surface area contributed by atoms with Gasteiger partial charge in [0.15, 0.2) is 12.4 Å². The normalized spacial score (nSPS) is 19.9. The first-order chi connectivity index (χ1) is 12.3. The van der Waals surface area contributed by atoms with Crippen molar-refractivity contribution in [2.45, 2.75) is 90.0 Å². The molecule has 0 aromatic carbocycles. The maximum absolute atomic E-state index is 6.14. The monoisotopic (exact) mass is 443 g/mol. The number of rotatable bonds is 12. The van der Waals surface area contributed by atoms with Crippen LogP contribution in [0.1, 0.15) is 89.1 Å². The fourth-order valence-electron chi connectivity index (χ4n) is 3.48. The second-order valence-corrected chi connectivity index (χ2v) is 8.54. The lowest BCUT2D eigenvalue weighted by Gasteiger charge is -2.28. The first kappa shape index (κ1) is 24.0. The van der Waals surface area contributed by atoms with Crippen LogP contribution in [0.3, 0.4) is 0 Å². The number of hydrogen-bond acceptors (Lipinski definition) is 2. The second kappa shape index (κ2) is 14.9. The minimum atomic E-state index is 0. The number of halogens is 1. The summed E-state index contributed by atoms with van der Waals surface area (Å²) < 4.78 is 8.33. The first-order valence-electron chi connectivity index (χ1n) is 10.6. The van der Waals surface area contributed by atoms with E-state index in [1.165, 1.54) is 75.5 Å². The molecule has 1 aliphatic heterocycles. The molecule has 150 valence electrons. The Hall–Kier alpha value is -0.0600. The first-order valence-corrected chi connectivity index (χ1v) is 11.6. The van der Waals surface area contributed by atoms with Crippen LogP contribution in [0.4, 0.5) is 0 Å². The highest BCUT2D eigenvalue weighted by atomic mass is 79.9. The fourth-order valence-corrected chi connectivity index (χ4v) is 4.72. The highest BCUT2D eigenvalue weighted by Crippen LogP contribution is 2.37. The van der Waals surface area contributed by atoms with Gasteiger partial charge in [-0.2, -0.15) is 0 Å². The molecule has 0 aliphatic carbocycles. The van der Waals surface area contributed by atoms with Gasteiger partial charge in [0.25, 0.3) is 0 Å². The molecule has 2 heterocycles. The van der Waals surface area contributed by atoms with Crippen molar-refractivity contribution in [2.24, 2.45) is 5.92 Å². The Morgan fingerprint density at radius 1 is 0.962 bits per heavy atom. The van der Waals surface area contributed by atoms with Crippen LogP contribution in [-0.4, -0.2) is 12.4 Å². The van der Waals surface area contributed by atoms with Crippen LogP contribution in [0.5, 0.6) is 0 Å². The maximum atomic E-state index is 6.14. The van der Waals surface area contributed by atoms with Crippen molar-refractivity contribution < 1.29 is 26.3 Å². The number of nitrogens with zero attached hydrogens (tertiary/aromatic N) is 1. The summed E-state index contributed by atoms with van der Waals surface area (Å²) in [6.07, 6.45) is 18.4. The van der Waals surface area contributed by atoms with E-state index in [9.17, 15) is 0 Å². The standard InChI is InChI=1S/C22H38NOS.BrH/c1-3-5-6-7-8-9-10-11-12-13-20-18-24-22(25-19-20)21-14-16-23(4-2)17-15-21;/h14-17,20,22H,3-13,18-19H2,1-2H3;1H/q+1;/p-1. The number of unbranched alkanes of at least 4 members (excludes halogenated alkanes) is 8. The molecule has 1 aromatic rings. The SMILES string of the molecule is CCCCCCCCCCCC1COC(c2cc[n+](CC)cc2)SC1.[Br-]. The Morgan fingerprint density at radius 3 is 2.12 bits per heavy atom. The minimum Gasteiger partial charge on any atom is -1.00 e. The van der Waals surface area contributed by atoms with Gasteiger partial charge in [-0.1, -0.05) is 64.7 Å². The number of aryl methyl sites for hydroxylation is 1. The largest absolute Gasteiger partial charge is 1.00 e. The summed E-state index contributed by atoms with van der Waals surface area (Å²) in [5.41, 5.74) is 1.56. The zero-order valence-corrected chi connectivity index (χ0v) is 19.2. The molecule has 1 aromatic heterocycles. The van der Waals surface area contributed by atoms with Crippen molar-refractivity contribution in [3.63, 3.8) is 0 Å². The zero-order valence-electron chi connectivity index (χ0n) is 16.8. The van der Waals surface area contributed by atoms with Crippen molar-refractivity contribution in [1.29, 1.82) is 0 Å². The van der Waals surface area contributed by atoms with E-state index in [0.717, 1.165) is 19.1 Å². The van der Waals surface area contributed by atoms with E-state index in [1.807, 2.05) is 11.8 Å². The Labute approximate surface area is 176 Å². The lowest BCUT2D eigenvalue weighted by Crippen LogP contribution is -3.00. The van der Waals surface area contributed by atoms with Crippen molar-refractivity contribution in [3.8, 4) is 0 Å². The van der Waals surface area contributed by atoms with Crippen LogP contribution in [0.25, 0.3) is 0 Å². The van der Waals surface area contributed by atoms with E-state index >= 15 is 0 Å². The van der Waals surface area contributed by atoms with E-state index in [4.69, 9.17) is 4.74 Å². The number of ether oxygens (including phenoxy) is 1. The quantitative estimate of drug-likeness (QED) is 0.363. The lowest BCUT2D eigenvalue weighted by molar-refractivity contribution is -0.693. The number of thioether (sulfide) groups is 1. The summed E-state index contributed by atoms with van der Waals surface area (Å²) in [5, 5.41) is 0. The summed E-state index contributed by atoms with van der Waals surface area (Å²) in [6.45, 7) is 6.43. The number of hydrogen-bond donors (Lipinski definition) is 0. The lowest BCUT2D eigenvalue weighted by atomic mass is 10.0. The average molecular weight is 445 g/mol. The van der Waals surface area contributed by atoms with Gasteiger partial charge in [0.1, 0.15) is 12.0 Å². The Bertz CT molecular complexity index is 446. The summed E-state index contributed by atoms with van der Waals surface area (Å²) in [4.78, 5) is 0. The van der Waals surface area contributed by atoms with Gasteiger partial charge < -0.3 is 21.7 Å². The summed E-state index contributed by atoms with van der Waals surface area (Å²) in [5.74, 6) is 2.01. The van der Waals surface area contributed by atoms with Crippen molar-refractivity contribution in [3.05, 3.63) is 30.1 Å². The third-order valence-electron chi connectivity index (χ3n) is 5.24. The van der Waals surface area contributed by atoms with Gasteiger partial charge in [-0.3, -0.25) is 0 Å². The van der Waals surface area contributed by atoms with E-state index in [-0.39, 0.29) is 22.4 Å². The third kappa shape index (κ3) is 9.23. The Morgan fingerprint density at radius 2 is 1.58 bits per heavy atom. The molecule has 4 heteroatoms. The number of pyridine rings is 1. The molecule has 0 bridgehead atoms. The molecule has 2 unspecified atom stereocenters. The molecule has 2 nitrogen and oxygen atoms in total. The third-order valence-corrected chi connectivity index (χ3v) is 6.61. The van der Waals surface area contributed by atoms with Crippen LogP contribution in [0.2, 0.25) is 0 Å². The van der Waals surface area contributed by atoms with Gasteiger partial charge in [-0.25, -0.2) is 4.57 Å². The minimum absolute atomic E-state index is 0.